The smallest absolute Gasteiger partial charge is 0.406 e. The van der Waals surface area contributed by atoms with E-state index in [-0.39, 0.29) is 18.4 Å². The number of nitrogens with zero attached hydrogens (tertiary/aromatic N) is 1. The summed E-state index contributed by atoms with van der Waals surface area (Å²) in [5.74, 6) is -0.280. The highest BCUT2D eigenvalue weighted by Gasteiger charge is 2.31. The Morgan fingerprint density at radius 3 is 2.42 bits per heavy atom. The molecule has 24 heavy (non-hydrogen) atoms. The third-order valence-corrected chi connectivity index (χ3v) is 3.34. The summed E-state index contributed by atoms with van der Waals surface area (Å²) < 4.78 is 41.0. The Hall–Kier alpha value is -2.54. The van der Waals surface area contributed by atoms with Crippen molar-refractivity contribution >= 4 is 6.34 Å². The fraction of sp³-hybridized carbons (Fsp3) is 0.235. The Labute approximate surface area is 137 Å². The molecule has 0 bridgehead atoms. The van der Waals surface area contributed by atoms with Crippen LogP contribution in [-0.4, -0.2) is 24.4 Å². The van der Waals surface area contributed by atoms with Gasteiger partial charge in [0, 0.05) is 6.61 Å². The normalized spacial score (nSPS) is 13.2. The van der Waals surface area contributed by atoms with Gasteiger partial charge in [-0.2, -0.15) is 0 Å². The number of halogens is 3. The third kappa shape index (κ3) is 4.99. The highest BCUT2D eigenvalue weighted by atomic mass is 19.4. The van der Waals surface area contributed by atoms with E-state index < -0.39 is 6.36 Å². The molecular weight excluding hydrogens is 321 g/mol. The van der Waals surface area contributed by atoms with Crippen LogP contribution in [-0.2, 0) is 0 Å². The topological polar surface area (TPSA) is 67.8 Å². The van der Waals surface area contributed by atoms with Gasteiger partial charge in [0.25, 0.3) is 0 Å². The highest BCUT2D eigenvalue weighted by molar-refractivity contribution is 5.66. The molecule has 1 atom stereocenters. The van der Waals surface area contributed by atoms with E-state index in [0.29, 0.717) is 12.0 Å². The van der Waals surface area contributed by atoms with E-state index >= 15 is 0 Å². The molecule has 7 heteroatoms. The molecule has 2 rings (SSSR count). The molecule has 0 amide bonds. The maximum Gasteiger partial charge on any atom is 0.573 e. The molecule has 128 valence electrons. The maximum atomic E-state index is 12.3. The lowest BCUT2D eigenvalue weighted by Crippen LogP contribution is -2.17. The lowest BCUT2D eigenvalue weighted by atomic mass is 9.98. The van der Waals surface area contributed by atoms with Crippen LogP contribution >= 0.6 is 0 Å². The van der Waals surface area contributed by atoms with E-state index in [9.17, 15) is 13.2 Å². The van der Waals surface area contributed by atoms with Crippen molar-refractivity contribution < 1.29 is 23.0 Å². The molecule has 0 spiro atoms. The number of aliphatic imine (C=N–C) groups is 1. The first kappa shape index (κ1) is 17.8. The number of ether oxygens (including phenoxy) is 1. The van der Waals surface area contributed by atoms with Crippen molar-refractivity contribution in [3.8, 4) is 16.9 Å². The Morgan fingerprint density at radius 2 is 1.79 bits per heavy atom. The van der Waals surface area contributed by atoms with Gasteiger partial charge in [0.05, 0.1) is 12.4 Å². The largest absolute Gasteiger partial charge is 0.573 e. The van der Waals surface area contributed by atoms with E-state index in [1.807, 2.05) is 6.07 Å². The zero-order valence-electron chi connectivity index (χ0n) is 12.7. The van der Waals surface area contributed by atoms with Crippen LogP contribution in [0.15, 0.2) is 53.5 Å². The quantitative estimate of drug-likeness (QED) is 0.624. The monoisotopic (exact) mass is 338 g/mol. The van der Waals surface area contributed by atoms with Gasteiger partial charge in [-0.15, -0.1) is 13.2 Å². The molecule has 0 radical (unpaired) electrons. The molecule has 1 unspecified atom stereocenters. The van der Waals surface area contributed by atoms with Crippen molar-refractivity contribution in [1.29, 1.82) is 0 Å². The fourth-order valence-electron chi connectivity index (χ4n) is 2.35. The van der Waals surface area contributed by atoms with Crippen LogP contribution in [0.2, 0.25) is 0 Å². The number of rotatable bonds is 6. The molecule has 0 heterocycles. The number of aliphatic hydroxyl groups excluding tert-OH is 1. The zero-order valence-corrected chi connectivity index (χ0v) is 12.7. The van der Waals surface area contributed by atoms with Gasteiger partial charge in [0.15, 0.2) is 0 Å². The first-order valence-corrected chi connectivity index (χ1v) is 7.23. The van der Waals surface area contributed by atoms with Crippen LogP contribution in [0.1, 0.15) is 18.0 Å². The lowest BCUT2D eigenvalue weighted by molar-refractivity contribution is -0.274. The average Bonchev–Trinajstić information content (AvgIpc) is 2.53. The summed E-state index contributed by atoms with van der Waals surface area (Å²) in [6.45, 7) is -0.0544. The van der Waals surface area contributed by atoms with Gasteiger partial charge in [0.1, 0.15) is 5.75 Å². The average molecular weight is 338 g/mol. The van der Waals surface area contributed by atoms with Gasteiger partial charge < -0.3 is 15.6 Å². The number of benzene rings is 2. The number of nitrogens with two attached hydrogens (primary N) is 1. The van der Waals surface area contributed by atoms with Crippen molar-refractivity contribution in [3.05, 3.63) is 54.1 Å². The molecule has 0 aliphatic carbocycles. The second-order valence-corrected chi connectivity index (χ2v) is 5.03. The van der Waals surface area contributed by atoms with E-state index in [1.54, 1.807) is 24.3 Å². The van der Waals surface area contributed by atoms with Crippen molar-refractivity contribution in [2.75, 3.05) is 6.61 Å². The van der Waals surface area contributed by atoms with Crippen LogP contribution in [0.3, 0.4) is 0 Å². The van der Waals surface area contributed by atoms with Gasteiger partial charge in [-0.1, -0.05) is 30.3 Å². The molecule has 3 N–H and O–H groups in total. The standard InChI is InChI=1S/C17H17F3N2O2/c18-17(19,20)24-15-6-2-4-13(10-15)12-3-1-5-14(9-12)16(7-8-23)22-11-21/h1-6,9-11,16,23H,7-8H2,(H2,21,22). The predicted molar refractivity (Wildman–Crippen MR) is 85.7 cm³/mol. The summed E-state index contributed by atoms with van der Waals surface area (Å²) in [4.78, 5) is 4.10. The summed E-state index contributed by atoms with van der Waals surface area (Å²) in [6.07, 6.45) is -3.16. The maximum absolute atomic E-state index is 12.3. The molecular formula is C17H17F3N2O2. The minimum atomic E-state index is -4.73. The molecule has 4 nitrogen and oxygen atoms in total. The molecule has 0 saturated heterocycles. The molecule has 2 aromatic rings. The second-order valence-electron chi connectivity index (χ2n) is 5.03. The molecule has 0 saturated carbocycles. The summed E-state index contributed by atoms with van der Waals surface area (Å²) in [5.41, 5.74) is 7.44. The first-order chi connectivity index (χ1) is 11.4. The van der Waals surface area contributed by atoms with E-state index in [0.717, 1.165) is 11.1 Å². The van der Waals surface area contributed by atoms with Crippen LogP contribution in [0.5, 0.6) is 5.75 Å². The van der Waals surface area contributed by atoms with Gasteiger partial charge in [0.2, 0.25) is 0 Å². The van der Waals surface area contributed by atoms with Gasteiger partial charge in [-0.25, -0.2) is 0 Å². The van der Waals surface area contributed by atoms with Crippen LogP contribution in [0.25, 0.3) is 11.1 Å². The van der Waals surface area contributed by atoms with Crippen molar-refractivity contribution in [2.45, 2.75) is 18.8 Å². The van der Waals surface area contributed by atoms with Crippen LogP contribution in [0, 0.1) is 0 Å². The second kappa shape index (κ2) is 7.83. The molecule has 0 aromatic heterocycles. The van der Waals surface area contributed by atoms with E-state index in [2.05, 4.69) is 9.73 Å². The van der Waals surface area contributed by atoms with Crippen LogP contribution in [0.4, 0.5) is 13.2 Å². The fourth-order valence-corrected chi connectivity index (χ4v) is 2.35. The number of hydrogen-bond donors (Lipinski definition) is 2. The first-order valence-electron chi connectivity index (χ1n) is 7.23. The molecule has 2 aromatic carbocycles. The van der Waals surface area contributed by atoms with E-state index in [4.69, 9.17) is 10.8 Å². The van der Waals surface area contributed by atoms with Crippen molar-refractivity contribution in [1.82, 2.24) is 0 Å². The van der Waals surface area contributed by atoms with Gasteiger partial charge in [-0.3, -0.25) is 4.99 Å². The lowest BCUT2D eigenvalue weighted by Gasteiger charge is -2.13. The minimum Gasteiger partial charge on any atom is -0.406 e. The third-order valence-electron chi connectivity index (χ3n) is 3.34. The summed E-state index contributed by atoms with van der Waals surface area (Å²) in [6, 6.07) is 12.6. The number of alkyl halides is 3. The molecule has 0 aliphatic rings. The van der Waals surface area contributed by atoms with E-state index in [1.165, 1.54) is 24.5 Å². The minimum absolute atomic E-state index is 0.0544. The van der Waals surface area contributed by atoms with Crippen molar-refractivity contribution in [2.24, 2.45) is 10.7 Å². The summed E-state index contributed by atoms with van der Waals surface area (Å²) in [7, 11) is 0. The summed E-state index contributed by atoms with van der Waals surface area (Å²) >= 11 is 0. The Bertz CT molecular complexity index is 702. The highest BCUT2D eigenvalue weighted by Crippen LogP contribution is 2.30. The zero-order chi connectivity index (χ0) is 17.6. The van der Waals surface area contributed by atoms with Crippen molar-refractivity contribution in [3.63, 3.8) is 0 Å². The van der Waals surface area contributed by atoms with Gasteiger partial charge >= 0.3 is 6.36 Å². The summed E-state index contributed by atoms with van der Waals surface area (Å²) in [5, 5.41) is 9.12. The Kier molecular flexibility index (Phi) is 5.81. The predicted octanol–water partition coefficient (Wildman–Crippen LogP) is 3.66. The van der Waals surface area contributed by atoms with Gasteiger partial charge in [-0.05, 0) is 41.3 Å². The number of hydrogen-bond acceptors (Lipinski definition) is 3. The molecule has 0 fully saturated rings. The van der Waals surface area contributed by atoms with Crippen LogP contribution < -0.4 is 10.5 Å². The Morgan fingerprint density at radius 1 is 1.12 bits per heavy atom. The Balaban J connectivity index is 2.32. The molecule has 0 aliphatic heterocycles. The number of aliphatic hydroxyl groups is 1. The SMILES string of the molecule is NC=NC(CCO)c1cccc(-c2cccc(OC(F)(F)F)c2)c1.